The van der Waals surface area contributed by atoms with Crippen molar-refractivity contribution in [3.63, 3.8) is 0 Å². The van der Waals surface area contributed by atoms with Gasteiger partial charge in [0.2, 0.25) is 5.88 Å². The monoisotopic (exact) mass is 378 g/mol. The van der Waals surface area contributed by atoms with Crippen molar-refractivity contribution in [2.75, 3.05) is 7.11 Å². The van der Waals surface area contributed by atoms with Crippen LogP contribution in [0.5, 0.6) is 11.6 Å². The summed E-state index contributed by atoms with van der Waals surface area (Å²) in [5.74, 6) is -0.269. The first-order valence-corrected chi connectivity index (χ1v) is 8.50. The van der Waals surface area contributed by atoms with Gasteiger partial charge in [0.05, 0.1) is 24.8 Å². The van der Waals surface area contributed by atoms with Gasteiger partial charge in [0.1, 0.15) is 5.75 Å². The Morgan fingerprint density at radius 3 is 2.59 bits per heavy atom. The number of rotatable bonds is 7. The summed E-state index contributed by atoms with van der Waals surface area (Å²) in [6, 6.07) is 8.87. The Hall–Kier alpha value is -2.74. The van der Waals surface area contributed by atoms with Crippen LogP contribution in [0.25, 0.3) is 0 Å². The molecule has 27 heavy (non-hydrogen) atoms. The number of pyridine rings is 1. The fourth-order valence-electron chi connectivity index (χ4n) is 3.14. The number of amides is 1. The van der Waals surface area contributed by atoms with Crippen molar-refractivity contribution in [2.24, 2.45) is 5.92 Å². The minimum Gasteiger partial charge on any atom is -0.481 e. The fraction of sp³-hybridized carbons (Fsp3) is 0.368. The number of ether oxygens (including phenoxy) is 2. The third-order valence-corrected chi connectivity index (χ3v) is 4.58. The summed E-state index contributed by atoms with van der Waals surface area (Å²) >= 11 is 0. The maximum atomic E-state index is 12.7. The van der Waals surface area contributed by atoms with E-state index in [1.54, 1.807) is 24.4 Å². The molecule has 1 atom stereocenters. The average molecular weight is 378 g/mol. The molecule has 0 saturated heterocycles. The van der Waals surface area contributed by atoms with E-state index in [0.717, 1.165) is 5.56 Å². The maximum absolute atomic E-state index is 12.7. The molecule has 0 spiro atoms. The van der Waals surface area contributed by atoms with Gasteiger partial charge in [-0.05, 0) is 36.5 Å². The van der Waals surface area contributed by atoms with Gasteiger partial charge < -0.3 is 19.9 Å². The number of para-hydroxylation sites is 1. The zero-order valence-corrected chi connectivity index (χ0v) is 14.6. The Morgan fingerprint density at radius 1 is 1.26 bits per heavy atom. The molecule has 2 aromatic rings. The van der Waals surface area contributed by atoms with E-state index < -0.39 is 24.7 Å². The van der Waals surface area contributed by atoms with E-state index in [0.29, 0.717) is 18.7 Å². The minimum atomic E-state index is -3.03. The van der Waals surface area contributed by atoms with Crippen LogP contribution in [0, 0.1) is 5.92 Å². The highest BCUT2D eigenvalue weighted by Crippen LogP contribution is 2.38. The zero-order valence-electron chi connectivity index (χ0n) is 14.6. The largest absolute Gasteiger partial charge is 0.481 e. The fourth-order valence-corrected chi connectivity index (χ4v) is 3.14. The van der Waals surface area contributed by atoms with Crippen molar-refractivity contribution in [1.29, 1.82) is 0 Å². The summed E-state index contributed by atoms with van der Waals surface area (Å²) in [4.78, 5) is 16.9. The molecule has 8 heteroatoms. The Labute approximate surface area is 155 Å². The third kappa shape index (κ3) is 4.51. The van der Waals surface area contributed by atoms with Gasteiger partial charge >= 0.3 is 6.61 Å². The van der Waals surface area contributed by atoms with Crippen molar-refractivity contribution >= 4 is 5.91 Å². The van der Waals surface area contributed by atoms with Gasteiger partial charge in [-0.25, -0.2) is 4.98 Å². The number of carbonyl (C=O) groups excluding carboxylic acids is 1. The number of alkyl halides is 2. The molecule has 3 rings (SSSR count). The van der Waals surface area contributed by atoms with E-state index in [9.17, 15) is 18.7 Å². The second-order valence-electron chi connectivity index (χ2n) is 6.34. The lowest BCUT2D eigenvalue weighted by atomic mass is 9.75. The predicted octanol–water partition coefficient (Wildman–Crippen LogP) is 2.93. The first-order chi connectivity index (χ1) is 13.0. The van der Waals surface area contributed by atoms with Crippen LogP contribution in [0.1, 0.15) is 34.8 Å². The molecule has 0 bridgehead atoms. The molecular formula is C19H20F2N2O4. The van der Waals surface area contributed by atoms with Crippen LogP contribution in [0.2, 0.25) is 0 Å². The van der Waals surface area contributed by atoms with E-state index >= 15 is 0 Å². The van der Waals surface area contributed by atoms with Crippen molar-refractivity contribution in [2.45, 2.75) is 31.6 Å². The molecule has 1 amide bonds. The highest BCUT2D eigenvalue weighted by Gasteiger charge is 2.36. The van der Waals surface area contributed by atoms with Gasteiger partial charge in [-0.3, -0.25) is 4.79 Å². The van der Waals surface area contributed by atoms with Crippen molar-refractivity contribution in [3.05, 3.63) is 53.7 Å². The normalized spacial score (nSPS) is 19.9. The van der Waals surface area contributed by atoms with Crippen LogP contribution in [0.3, 0.4) is 0 Å². The number of methoxy groups -OCH3 is 1. The molecule has 0 aliphatic heterocycles. The molecule has 2 N–H and O–H groups in total. The first kappa shape index (κ1) is 19.0. The van der Waals surface area contributed by atoms with Crippen molar-refractivity contribution in [1.82, 2.24) is 10.3 Å². The quantitative estimate of drug-likeness (QED) is 0.774. The number of aromatic nitrogens is 1. The molecule has 1 aliphatic carbocycles. The third-order valence-electron chi connectivity index (χ3n) is 4.58. The maximum Gasteiger partial charge on any atom is 0.387 e. The zero-order chi connectivity index (χ0) is 19.4. The molecule has 1 aliphatic rings. The lowest BCUT2D eigenvalue weighted by Gasteiger charge is -2.38. The molecule has 0 radical (unpaired) electrons. The van der Waals surface area contributed by atoms with Gasteiger partial charge in [0.25, 0.3) is 5.91 Å². The van der Waals surface area contributed by atoms with Crippen LogP contribution in [0.15, 0.2) is 42.6 Å². The van der Waals surface area contributed by atoms with E-state index in [-0.39, 0.29) is 17.2 Å². The van der Waals surface area contributed by atoms with Crippen LogP contribution in [-0.4, -0.2) is 35.8 Å². The lowest BCUT2D eigenvalue weighted by molar-refractivity contribution is -0.0502. The molecule has 0 unspecified atom stereocenters. The van der Waals surface area contributed by atoms with E-state index in [1.165, 1.54) is 25.3 Å². The van der Waals surface area contributed by atoms with Crippen LogP contribution in [0.4, 0.5) is 8.78 Å². The summed E-state index contributed by atoms with van der Waals surface area (Å²) in [6.07, 6.45) is 2.25. The number of aliphatic hydroxyl groups excluding tert-OH is 1. The number of aliphatic hydroxyl groups is 1. The number of nitrogens with one attached hydrogen (secondary N) is 1. The molecule has 1 aromatic carbocycles. The predicted molar refractivity (Wildman–Crippen MR) is 92.8 cm³/mol. The number of halogens is 2. The number of benzene rings is 1. The number of hydrogen-bond donors (Lipinski definition) is 2. The highest BCUT2D eigenvalue weighted by atomic mass is 19.3. The topological polar surface area (TPSA) is 80.7 Å². The summed E-state index contributed by atoms with van der Waals surface area (Å²) in [6.45, 7) is -3.03. The summed E-state index contributed by atoms with van der Waals surface area (Å²) < 4.78 is 34.7. The molecule has 1 saturated carbocycles. The lowest BCUT2D eigenvalue weighted by Crippen LogP contribution is -2.41. The van der Waals surface area contributed by atoms with E-state index in [4.69, 9.17) is 4.74 Å². The summed E-state index contributed by atoms with van der Waals surface area (Å²) in [5, 5.41) is 12.5. The summed E-state index contributed by atoms with van der Waals surface area (Å²) in [5.41, 5.74) is 0.762. The second-order valence-corrected chi connectivity index (χ2v) is 6.34. The smallest absolute Gasteiger partial charge is 0.387 e. The second kappa shape index (κ2) is 8.30. The highest BCUT2D eigenvalue weighted by molar-refractivity contribution is 5.97. The number of hydrogen-bond acceptors (Lipinski definition) is 5. The van der Waals surface area contributed by atoms with Gasteiger partial charge in [0.15, 0.2) is 0 Å². The van der Waals surface area contributed by atoms with Crippen molar-refractivity contribution in [3.8, 4) is 11.6 Å². The van der Waals surface area contributed by atoms with Crippen LogP contribution < -0.4 is 14.8 Å². The Morgan fingerprint density at radius 2 is 2.00 bits per heavy atom. The molecule has 1 heterocycles. The number of carbonyl (C=O) groups is 1. The van der Waals surface area contributed by atoms with E-state index in [2.05, 4.69) is 15.0 Å². The van der Waals surface area contributed by atoms with Crippen LogP contribution in [-0.2, 0) is 0 Å². The van der Waals surface area contributed by atoms with Gasteiger partial charge in [-0.2, -0.15) is 8.78 Å². The van der Waals surface area contributed by atoms with Gasteiger partial charge in [-0.15, -0.1) is 0 Å². The molecule has 6 nitrogen and oxygen atoms in total. The Bertz CT molecular complexity index is 780. The van der Waals surface area contributed by atoms with Crippen LogP contribution >= 0.6 is 0 Å². The minimum absolute atomic E-state index is 0.0160. The standard InChI is InChI=1S/C19H20F2N2O4/c1-26-16-7-6-11(10-22-16)17(12-8-13(24)9-12)23-18(25)14-4-2-3-5-15(14)27-19(20)21/h2-7,10,12-13,17,19,24H,8-9H2,1H3,(H,23,25)/t12?,13?,17-/m1/s1. The first-order valence-electron chi connectivity index (χ1n) is 8.50. The number of nitrogens with zero attached hydrogens (tertiary/aromatic N) is 1. The molecular weight excluding hydrogens is 358 g/mol. The van der Waals surface area contributed by atoms with Gasteiger partial charge in [-0.1, -0.05) is 18.2 Å². The SMILES string of the molecule is COc1ccc([C@@H](NC(=O)c2ccccc2OC(F)F)C2CC(O)C2)cn1. The Kier molecular flexibility index (Phi) is 5.85. The average Bonchev–Trinajstić information content (AvgIpc) is 2.64. The summed E-state index contributed by atoms with van der Waals surface area (Å²) in [7, 11) is 1.50. The molecule has 144 valence electrons. The Balaban J connectivity index is 1.82. The molecule has 1 fully saturated rings. The molecule has 1 aromatic heterocycles. The van der Waals surface area contributed by atoms with Gasteiger partial charge in [0, 0.05) is 12.3 Å². The van der Waals surface area contributed by atoms with E-state index in [1.807, 2.05) is 0 Å². The van der Waals surface area contributed by atoms with Crippen molar-refractivity contribution < 1.29 is 28.2 Å².